The van der Waals surface area contributed by atoms with Crippen molar-refractivity contribution >= 4 is 74.2 Å². The van der Waals surface area contributed by atoms with Gasteiger partial charge in [-0.1, -0.05) is 33.6 Å². The summed E-state index contributed by atoms with van der Waals surface area (Å²) in [6.45, 7) is 1.43. The van der Waals surface area contributed by atoms with Crippen LogP contribution in [0.15, 0.2) is 54.1 Å². The number of fused-ring (bicyclic) bond motifs is 4. The zero-order valence-corrected chi connectivity index (χ0v) is 25.6. The number of alkyl halides is 3. The SMILES string of the molecule is COc1ccc(C2C3=CCC4C(=O)N(c5ccc(C(C)=O)cc5)C(=O)C4C3CC3(Cl)C(=O)N(CBr)C(=O)C23Cl)cc1O. The van der Waals surface area contributed by atoms with E-state index in [-0.39, 0.29) is 35.6 Å². The highest BCUT2D eigenvalue weighted by Crippen LogP contribution is 2.65. The molecule has 2 aromatic carbocycles. The molecule has 6 atom stereocenters. The van der Waals surface area contributed by atoms with E-state index in [4.69, 9.17) is 27.9 Å². The van der Waals surface area contributed by atoms with E-state index < -0.39 is 57.0 Å². The number of imide groups is 2. The second kappa shape index (κ2) is 9.92. The molecule has 2 heterocycles. The summed E-state index contributed by atoms with van der Waals surface area (Å²) >= 11 is 17.6. The second-order valence-electron chi connectivity index (χ2n) is 11.0. The summed E-state index contributed by atoms with van der Waals surface area (Å²) in [5, 5.41) is 10.6. The molecule has 3 fully saturated rings. The third-order valence-electron chi connectivity index (χ3n) is 9.08. The lowest BCUT2D eigenvalue weighted by molar-refractivity contribution is -0.138. The van der Waals surface area contributed by atoms with E-state index in [9.17, 15) is 29.1 Å². The Kier molecular flexibility index (Phi) is 6.83. The van der Waals surface area contributed by atoms with Gasteiger partial charge in [-0.05, 0) is 67.6 Å². The van der Waals surface area contributed by atoms with Crippen molar-refractivity contribution in [2.45, 2.75) is 35.4 Å². The minimum atomic E-state index is -1.97. The number of Topliss-reactive ketones (excluding diaryl/α,β-unsaturated/α-hetero) is 1. The molecular weight excluding hydrogens is 651 g/mol. The fraction of sp³-hybridized carbons (Fsp3) is 0.367. The van der Waals surface area contributed by atoms with Gasteiger partial charge in [-0.15, -0.1) is 23.2 Å². The lowest BCUT2D eigenvalue weighted by Crippen LogP contribution is -2.60. The number of ether oxygens (including phenoxy) is 1. The van der Waals surface area contributed by atoms with Gasteiger partial charge in [0.25, 0.3) is 11.8 Å². The standard InChI is InChI=1S/C30H25BrCl2N2O7/c1-14(36)15-3-6-17(7-4-15)35-25(38)19-9-8-18-20(23(19)26(35)39)12-29(32)27(40)34(13-31)28(41)30(29,33)24(18)16-5-10-22(42-2)21(37)11-16/h3-8,10-11,19-20,23-24,37H,9,12-13H2,1-2H3. The summed E-state index contributed by atoms with van der Waals surface area (Å²) in [4.78, 5) is 65.2. The molecule has 218 valence electrons. The Bertz CT molecular complexity index is 1610. The lowest BCUT2D eigenvalue weighted by atomic mass is 9.56. The van der Waals surface area contributed by atoms with Crippen molar-refractivity contribution in [2.24, 2.45) is 17.8 Å². The van der Waals surface area contributed by atoms with Gasteiger partial charge in [0.15, 0.2) is 27.0 Å². The highest BCUT2D eigenvalue weighted by atomic mass is 79.9. The average Bonchev–Trinajstić information content (AvgIpc) is 3.30. The van der Waals surface area contributed by atoms with Gasteiger partial charge in [-0.3, -0.25) is 33.8 Å². The van der Waals surface area contributed by atoms with Crippen LogP contribution in [0.4, 0.5) is 5.69 Å². The number of halogens is 3. The first-order valence-corrected chi connectivity index (χ1v) is 15.1. The number of carbonyl (C=O) groups excluding carboxylic acids is 5. The van der Waals surface area contributed by atoms with E-state index >= 15 is 0 Å². The summed E-state index contributed by atoms with van der Waals surface area (Å²) < 4.78 is 5.19. The summed E-state index contributed by atoms with van der Waals surface area (Å²) in [6.07, 6.45) is 1.88. The first-order chi connectivity index (χ1) is 19.9. The maximum Gasteiger partial charge on any atom is 0.254 e. The lowest BCUT2D eigenvalue weighted by Gasteiger charge is -2.50. The van der Waals surface area contributed by atoms with Crippen LogP contribution in [0.1, 0.15) is 41.6 Å². The first kappa shape index (κ1) is 28.9. The van der Waals surface area contributed by atoms with Gasteiger partial charge in [-0.25, -0.2) is 0 Å². The summed E-state index contributed by atoms with van der Waals surface area (Å²) in [7, 11) is 1.40. The summed E-state index contributed by atoms with van der Waals surface area (Å²) in [6, 6.07) is 10.8. The summed E-state index contributed by atoms with van der Waals surface area (Å²) in [5.74, 6) is -5.66. The Labute approximate surface area is 259 Å². The molecule has 6 unspecified atom stereocenters. The van der Waals surface area contributed by atoms with E-state index in [1.165, 1.54) is 26.2 Å². The number of aromatic hydroxyl groups is 1. The molecule has 12 heteroatoms. The number of phenols is 1. The molecular formula is C30H25BrCl2N2O7. The molecule has 9 nitrogen and oxygen atoms in total. The number of ketones is 1. The molecule has 4 aliphatic rings. The normalized spacial score (nSPS) is 32.0. The van der Waals surface area contributed by atoms with Crippen molar-refractivity contribution < 1.29 is 33.8 Å². The van der Waals surface area contributed by atoms with Crippen LogP contribution in [0.25, 0.3) is 0 Å². The van der Waals surface area contributed by atoms with Gasteiger partial charge in [0.05, 0.1) is 30.1 Å². The summed E-state index contributed by atoms with van der Waals surface area (Å²) in [5.41, 5.74) is 1.67. The highest BCUT2D eigenvalue weighted by molar-refractivity contribution is 9.09. The topological polar surface area (TPSA) is 121 Å². The number of benzene rings is 2. The number of allylic oxidation sites excluding steroid dienone is 2. The molecule has 6 rings (SSSR count). The Balaban J connectivity index is 1.49. The Morgan fingerprint density at radius 1 is 1.05 bits per heavy atom. The highest BCUT2D eigenvalue weighted by Gasteiger charge is 2.76. The first-order valence-electron chi connectivity index (χ1n) is 13.3. The molecule has 2 aromatic rings. The van der Waals surface area contributed by atoms with Crippen LogP contribution in [0.5, 0.6) is 11.5 Å². The van der Waals surface area contributed by atoms with Crippen LogP contribution in [-0.4, -0.2) is 61.7 Å². The number of nitrogens with zero attached hydrogens (tertiary/aromatic N) is 2. The van der Waals surface area contributed by atoms with E-state index in [0.29, 0.717) is 22.4 Å². The number of amides is 4. The Hall–Kier alpha value is -3.21. The van der Waals surface area contributed by atoms with Crippen molar-refractivity contribution in [1.82, 2.24) is 4.90 Å². The predicted octanol–water partition coefficient (Wildman–Crippen LogP) is 4.52. The Morgan fingerprint density at radius 3 is 2.33 bits per heavy atom. The number of methoxy groups -OCH3 is 1. The number of hydrogen-bond acceptors (Lipinski definition) is 7. The predicted molar refractivity (Wildman–Crippen MR) is 157 cm³/mol. The molecule has 4 amide bonds. The molecule has 2 aliphatic heterocycles. The molecule has 0 bridgehead atoms. The third kappa shape index (κ3) is 3.70. The van der Waals surface area contributed by atoms with E-state index in [0.717, 1.165) is 9.80 Å². The minimum absolute atomic E-state index is 0.134. The third-order valence-corrected chi connectivity index (χ3v) is 11.0. The smallest absolute Gasteiger partial charge is 0.254 e. The molecule has 0 spiro atoms. The number of phenolic OH excluding ortho intramolecular Hbond substituents is 1. The van der Waals surface area contributed by atoms with Crippen LogP contribution in [-0.2, 0) is 19.2 Å². The van der Waals surface area contributed by atoms with Gasteiger partial charge in [0.2, 0.25) is 11.8 Å². The second-order valence-corrected chi connectivity index (χ2v) is 12.8. The van der Waals surface area contributed by atoms with Crippen LogP contribution in [0.3, 0.4) is 0 Å². The molecule has 0 aromatic heterocycles. The number of anilines is 1. The van der Waals surface area contributed by atoms with Crippen LogP contribution in [0.2, 0.25) is 0 Å². The number of rotatable bonds is 5. The maximum atomic E-state index is 14.1. The van der Waals surface area contributed by atoms with Crippen LogP contribution >= 0.6 is 39.1 Å². The van der Waals surface area contributed by atoms with E-state index in [1.807, 2.05) is 6.08 Å². The fourth-order valence-corrected chi connectivity index (χ4v) is 8.54. The van der Waals surface area contributed by atoms with Gasteiger partial charge in [0, 0.05) is 11.5 Å². The average molecular weight is 676 g/mol. The van der Waals surface area contributed by atoms with Gasteiger partial charge in [0.1, 0.15) is 0 Å². The monoisotopic (exact) mass is 674 g/mol. The Morgan fingerprint density at radius 2 is 1.74 bits per heavy atom. The number of likely N-dealkylation sites (tertiary alicyclic amines) is 1. The van der Waals surface area contributed by atoms with Crippen molar-refractivity contribution in [3.8, 4) is 11.5 Å². The zero-order valence-electron chi connectivity index (χ0n) is 22.5. The van der Waals surface area contributed by atoms with Gasteiger partial charge in [-0.2, -0.15) is 0 Å². The molecule has 0 radical (unpaired) electrons. The molecule has 2 aliphatic carbocycles. The quantitative estimate of drug-likeness (QED) is 0.163. The molecule has 1 saturated carbocycles. The fourth-order valence-electron chi connectivity index (χ4n) is 7.11. The van der Waals surface area contributed by atoms with E-state index in [2.05, 4.69) is 15.9 Å². The van der Waals surface area contributed by atoms with Crippen molar-refractivity contribution in [3.63, 3.8) is 0 Å². The number of carbonyl (C=O) groups is 5. The minimum Gasteiger partial charge on any atom is -0.504 e. The van der Waals surface area contributed by atoms with Gasteiger partial charge >= 0.3 is 0 Å². The molecule has 1 N–H and O–H groups in total. The molecule has 2 saturated heterocycles. The van der Waals surface area contributed by atoms with Gasteiger partial charge < -0.3 is 9.84 Å². The van der Waals surface area contributed by atoms with Crippen LogP contribution < -0.4 is 9.64 Å². The van der Waals surface area contributed by atoms with Crippen molar-refractivity contribution in [2.75, 3.05) is 17.5 Å². The zero-order chi connectivity index (χ0) is 30.3. The van der Waals surface area contributed by atoms with Crippen molar-refractivity contribution in [3.05, 3.63) is 65.2 Å². The maximum absolute atomic E-state index is 14.1. The number of hydrogen-bond donors (Lipinski definition) is 1. The van der Waals surface area contributed by atoms with E-state index in [1.54, 1.807) is 30.3 Å². The van der Waals surface area contributed by atoms with Crippen molar-refractivity contribution in [1.29, 1.82) is 0 Å². The largest absolute Gasteiger partial charge is 0.504 e. The van der Waals surface area contributed by atoms with Crippen LogP contribution in [0, 0.1) is 17.8 Å². The molecule has 42 heavy (non-hydrogen) atoms.